The number of aromatic nitrogens is 2. The Morgan fingerprint density at radius 1 is 1.36 bits per heavy atom. The Kier molecular flexibility index (Phi) is 6.09. The van der Waals surface area contributed by atoms with Gasteiger partial charge in [-0.25, -0.2) is 0 Å². The van der Waals surface area contributed by atoms with E-state index in [0.717, 1.165) is 17.5 Å². The standard InChI is InChI=1S/C21H25N5O2/c1-15-10-24-26(12-15)14-17-3-5-19(6-4-17)20(27)23-11-18-7-8-25(13-18)21(28)16(2)9-22/h3-6,10,12,16,18H,7-8,11,13-14H2,1-2H3,(H,23,27). The molecular formula is C21H25N5O2. The highest BCUT2D eigenvalue weighted by Crippen LogP contribution is 2.18. The Labute approximate surface area is 164 Å². The van der Waals surface area contributed by atoms with Gasteiger partial charge >= 0.3 is 0 Å². The third-order valence-electron chi connectivity index (χ3n) is 5.04. The second kappa shape index (κ2) is 8.70. The van der Waals surface area contributed by atoms with Crippen molar-refractivity contribution < 1.29 is 9.59 Å². The van der Waals surface area contributed by atoms with Crippen LogP contribution in [0.5, 0.6) is 0 Å². The fourth-order valence-corrected chi connectivity index (χ4v) is 3.37. The second-order valence-electron chi connectivity index (χ2n) is 7.41. The van der Waals surface area contributed by atoms with E-state index in [2.05, 4.69) is 10.4 Å². The first-order valence-electron chi connectivity index (χ1n) is 9.51. The van der Waals surface area contributed by atoms with Crippen molar-refractivity contribution in [3.05, 3.63) is 53.3 Å². The SMILES string of the molecule is Cc1cnn(Cc2ccc(C(=O)NCC3CCN(C(=O)C(C)C#N)C3)cc2)c1. The van der Waals surface area contributed by atoms with Crippen molar-refractivity contribution >= 4 is 11.8 Å². The van der Waals surface area contributed by atoms with Crippen LogP contribution in [0.2, 0.25) is 0 Å². The van der Waals surface area contributed by atoms with Crippen molar-refractivity contribution in [1.29, 1.82) is 5.26 Å². The molecule has 2 aromatic rings. The fraction of sp³-hybridized carbons (Fsp3) is 0.429. The zero-order chi connectivity index (χ0) is 20.1. The summed E-state index contributed by atoms with van der Waals surface area (Å²) in [5.74, 6) is -0.630. The van der Waals surface area contributed by atoms with E-state index in [1.807, 2.05) is 54.3 Å². The highest BCUT2D eigenvalue weighted by Gasteiger charge is 2.29. The number of rotatable bonds is 6. The topological polar surface area (TPSA) is 91.0 Å². The third-order valence-corrected chi connectivity index (χ3v) is 5.04. The first kappa shape index (κ1) is 19.6. The number of nitrogens with one attached hydrogen (secondary N) is 1. The molecule has 3 rings (SSSR count). The molecule has 1 aliphatic heterocycles. The van der Waals surface area contributed by atoms with Crippen molar-refractivity contribution in [2.24, 2.45) is 11.8 Å². The molecule has 7 heteroatoms. The van der Waals surface area contributed by atoms with E-state index in [-0.39, 0.29) is 17.7 Å². The predicted molar refractivity (Wildman–Crippen MR) is 104 cm³/mol. The average molecular weight is 379 g/mol. The maximum atomic E-state index is 12.4. The van der Waals surface area contributed by atoms with E-state index >= 15 is 0 Å². The van der Waals surface area contributed by atoms with Gasteiger partial charge in [0.05, 0.1) is 18.8 Å². The highest BCUT2D eigenvalue weighted by molar-refractivity contribution is 5.94. The molecule has 0 aliphatic carbocycles. The van der Waals surface area contributed by atoms with Crippen molar-refractivity contribution in [2.75, 3.05) is 19.6 Å². The molecule has 7 nitrogen and oxygen atoms in total. The van der Waals surface area contributed by atoms with Gasteiger partial charge in [0, 0.05) is 31.4 Å². The van der Waals surface area contributed by atoms with Crippen LogP contribution in [0.25, 0.3) is 0 Å². The van der Waals surface area contributed by atoms with E-state index in [1.54, 1.807) is 11.8 Å². The Morgan fingerprint density at radius 2 is 2.11 bits per heavy atom. The summed E-state index contributed by atoms with van der Waals surface area (Å²) in [5, 5.41) is 16.1. The summed E-state index contributed by atoms with van der Waals surface area (Å²) in [6.07, 6.45) is 4.64. The Bertz CT molecular complexity index is 881. The van der Waals surface area contributed by atoms with Crippen molar-refractivity contribution in [1.82, 2.24) is 20.0 Å². The van der Waals surface area contributed by atoms with Crippen molar-refractivity contribution in [3.8, 4) is 6.07 Å². The fourth-order valence-electron chi connectivity index (χ4n) is 3.37. The molecule has 2 heterocycles. The van der Waals surface area contributed by atoms with Crippen LogP contribution in [-0.2, 0) is 11.3 Å². The molecule has 1 N–H and O–H groups in total. The van der Waals surface area contributed by atoms with Crippen LogP contribution in [0.3, 0.4) is 0 Å². The minimum atomic E-state index is -0.613. The molecular weight excluding hydrogens is 354 g/mol. The number of benzene rings is 1. The maximum absolute atomic E-state index is 12.4. The predicted octanol–water partition coefficient (Wildman–Crippen LogP) is 1.98. The number of amides is 2. The number of nitrogens with zero attached hydrogens (tertiary/aromatic N) is 4. The first-order valence-corrected chi connectivity index (χ1v) is 9.51. The first-order chi connectivity index (χ1) is 13.5. The minimum Gasteiger partial charge on any atom is -0.352 e. The molecule has 0 saturated carbocycles. The molecule has 1 aliphatic rings. The van der Waals surface area contributed by atoms with Crippen LogP contribution in [0.15, 0.2) is 36.7 Å². The molecule has 1 aromatic carbocycles. The number of nitriles is 1. The van der Waals surface area contributed by atoms with E-state index in [0.29, 0.717) is 31.7 Å². The summed E-state index contributed by atoms with van der Waals surface area (Å²) in [6.45, 7) is 6.05. The maximum Gasteiger partial charge on any atom is 0.251 e. The second-order valence-corrected chi connectivity index (χ2v) is 7.41. The molecule has 2 amide bonds. The molecule has 2 unspecified atom stereocenters. The monoisotopic (exact) mass is 379 g/mol. The third kappa shape index (κ3) is 4.77. The highest BCUT2D eigenvalue weighted by atomic mass is 16.2. The quantitative estimate of drug-likeness (QED) is 0.831. The van der Waals surface area contributed by atoms with Gasteiger partial charge in [-0.15, -0.1) is 0 Å². The normalized spacial score (nSPS) is 17.2. The summed E-state index contributed by atoms with van der Waals surface area (Å²) in [5.41, 5.74) is 2.81. The van der Waals surface area contributed by atoms with Gasteiger partial charge in [-0.2, -0.15) is 10.4 Å². The molecule has 146 valence electrons. The molecule has 0 spiro atoms. The van der Waals surface area contributed by atoms with E-state index in [9.17, 15) is 9.59 Å². The van der Waals surface area contributed by atoms with Gasteiger partial charge in [-0.05, 0) is 49.4 Å². The smallest absolute Gasteiger partial charge is 0.251 e. The number of likely N-dealkylation sites (tertiary alicyclic amines) is 1. The van der Waals surface area contributed by atoms with Crippen LogP contribution < -0.4 is 5.32 Å². The largest absolute Gasteiger partial charge is 0.352 e. The summed E-state index contributed by atoms with van der Waals surface area (Å²) in [4.78, 5) is 26.2. The Hall–Kier alpha value is -3.14. The molecule has 1 saturated heterocycles. The van der Waals surface area contributed by atoms with E-state index in [4.69, 9.17) is 5.26 Å². The molecule has 2 atom stereocenters. The van der Waals surface area contributed by atoms with Gasteiger partial charge in [0.2, 0.25) is 5.91 Å². The number of carbonyl (C=O) groups is 2. The summed E-state index contributed by atoms with van der Waals surface area (Å²) in [6, 6.07) is 9.49. The molecule has 1 aromatic heterocycles. The van der Waals surface area contributed by atoms with Crippen molar-refractivity contribution in [3.63, 3.8) is 0 Å². The lowest BCUT2D eigenvalue weighted by molar-refractivity contribution is -0.132. The summed E-state index contributed by atoms with van der Waals surface area (Å²) >= 11 is 0. The van der Waals surface area contributed by atoms with Crippen LogP contribution in [0.4, 0.5) is 0 Å². The van der Waals surface area contributed by atoms with Gasteiger partial charge in [0.1, 0.15) is 5.92 Å². The molecule has 0 bridgehead atoms. The van der Waals surface area contributed by atoms with Crippen LogP contribution in [0, 0.1) is 30.1 Å². The Balaban J connectivity index is 1.47. The van der Waals surface area contributed by atoms with E-state index < -0.39 is 5.92 Å². The lowest BCUT2D eigenvalue weighted by atomic mass is 10.1. The zero-order valence-corrected chi connectivity index (χ0v) is 16.3. The minimum absolute atomic E-state index is 0.114. The summed E-state index contributed by atoms with van der Waals surface area (Å²) in [7, 11) is 0. The molecule has 0 radical (unpaired) electrons. The lowest BCUT2D eigenvalue weighted by Crippen LogP contribution is -2.35. The van der Waals surface area contributed by atoms with Gasteiger partial charge < -0.3 is 10.2 Å². The number of hydrogen-bond acceptors (Lipinski definition) is 4. The lowest BCUT2D eigenvalue weighted by Gasteiger charge is -2.17. The van der Waals surface area contributed by atoms with Gasteiger partial charge in [-0.3, -0.25) is 14.3 Å². The van der Waals surface area contributed by atoms with Gasteiger partial charge in [0.25, 0.3) is 5.91 Å². The van der Waals surface area contributed by atoms with Crippen molar-refractivity contribution in [2.45, 2.75) is 26.8 Å². The molecule has 1 fully saturated rings. The average Bonchev–Trinajstić information content (AvgIpc) is 3.34. The van der Waals surface area contributed by atoms with Gasteiger partial charge in [-0.1, -0.05) is 12.1 Å². The number of carbonyl (C=O) groups excluding carboxylic acids is 2. The Morgan fingerprint density at radius 3 is 2.75 bits per heavy atom. The summed E-state index contributed by atoms with van der Waals surface area (Å²) < 4.78 is 1.87. The van der Waals surface area contributed by atoms with Crippen LogP contribution in [0.1, 0.15) is 34.8 Å². The number of aryl methyl sites for hydroxylation is 1. The van der Waals surface area contributed by atoms with Crippen LogP contribution >= 0.6 is 0 Å². The van der Waals surface area contributed by atoms with Gasteiger partial charge in [0.15, 0.2) is 0 Å². The van der Waals surface area contributed by atoms with Crippen LogP contribution in [-0.4, -0.2) is 46.1 Å². The number of hydrogen-bond donors (Lipinski definition) is 1. The van der Waals surface area contributed by atoms with E-state index in [1.165, 1.54) is 0 Å². The zero-order valence-electron chi connectivity index (χ0n) is 16.3. The molecule has 28 heavy (non-hydrogen) atoms.